The summed E-state index contributed by atoms with van der Waals surface area (Å²) in [4.78, 5) is 5.37. The molecule has 0 N–H and O–H groups in total. The molecule has 0 atom stereocenters. The highest BCUT2D eigenvalue weighted by Gasteiger charge is 2.50. The molecule has 0 bridgehead atoms. The molecule has 7 aromatic rings. The first-order chi connectivity index (χ1) is 27.8. The van der Waals surface area contributed by atoms with Gasteiger partial charge in [-0.05, 0) is 127 Å². The maximum Gasteiger partial charge on any atom is 0.333 e. The first-order valence-electron chi connectivity index (χ1n) is 21.9. The summed E-state index contributed by atoms with van der Waals surface area (Å²) in [6.07, 6.45) is 2.43. The highest BCUT2D eigenvalue weighted by molar-refractivity contribution is 7.26. The van der Waals surface area contributed by atoms with E-state index in [4.69, 9.17) is 0 Å². The second-order valence-corrected chi connectivity index (χ2v) is 23.1. The van der Waals surface area contributed by atoms with E-state index in [0.717, 1.165) is 0 Å². The lowest BCUT2D eigenvalue weighted by atomic mass is 9.42. The second kappa shape index (κ2) is 11.7. The van der Waals surface area contributed by atoms with Crippen LogP contribution in [-0.4, -0.2) is 6.85 Å². The zero-order valence-corrected chi connectivity index (χ0v) is 37.9. The third-order valence-corrected chi connectivity index (χ3v) is 16.2. The van der Waals surface area contributed by atoms with E-state index in [-0.39, 0.29) is 33.9 Å². The summed E-state index contributed by atoms with van der Waals surface area (Å²) in [6.45, 7) is 28.8. The van der Waals surface area contributed by atoms with Gasteiger partial charge in [0.1, 0.15) is 0 Å². The SMILES string of the molecule is CC(C)(C)c1ccc(N2B3c4cccc5c4N(c4ccccc4C5(C)C)c4cc(C(C)(C)C)cc(c43)-c3c2ccc2c3sc3cc4c(cc32)C(C)(C)CCC4(C)C)cc1. The standard InChI is InChI=1S/C55H57BN2S/c1-51(2,3)32-20-22-34(23-21-32)58-44-25-24-35-36-30-40-41(54(9,10)27-26-53(40,7)8)31-46(36)59-50(35)47(44)37-28-33(52(4,5)6)29-45-48(37)56(58)42-18-15-17-39-49(42)57(45)43-19-14-13-16-38(43)55(39,11)12/h13-25,28-31H,26-27H2,1-12H3. The lowest BCUT2D eigenvalue weighted by Gasteiger charge is -2.50. The maximum atomic E-state index is 2.71. The van der Waals surface area contributed by atoms with Crippen LogP contribution in [0.5, 0.6) is 0 Å². The number of thiophene rings is 1. The first kappa shape index (κ1) is 37.2. The van der Waals surface area contributed by atoms with E-state index >= 15 is 0 Å². The van der Waals surface area contributed by atoms with Gasteiger partial charge in [0.15, 0.2) is 0 Å². The Balaban J connectivity index is 1.29. The van der Waals surface area contributed by atoms with Crippen molar-refractivity contribution in [3.8, 4) is 11.1 Å². The van der Waals surface area contributed by atoms with Crippen LogP contribution in [0, 0.1) is 0 Å². The summed E-state index contributed by atoms with van der Waals surface area (Å²) in [5.41, 5.74) is 20.8. The fourth-order valence-corrected chi connectivity index (χ4v) is 12.6. The van der Waals surface area contributed by atoms with Gasteiger partial charge in [-0.1, -0.05) is 144 Å². The van der Waals surface area contributed by atoms with Crippen molar-refractivity contribution in [3.63, 3.8) is 0 Å². The van der Waals surface area contributed by atoms with Crippen LogP contribution in [0.25, 0.3) is 31.3 Å². The average molecular weight is 789 g/mol. The predicted octanol–water partition coefficient (Wildman–Crippen LogP) is 14.3. The lowest BCUT2D eigenvalue weighted by molar-refractivity contribution is 0.332. The Hall–Kier alpha value is -4.80. The van der Waals surface area contributed by atoms with Crippen molar-refractivity contribution in [1.82, 2.24) is 0 Å². The summed E-state index contributed by atoms with van der Waals surface area (Å²) >= 11 is 2.02. The Morgan fingerprint density at radius 1 is 0.576 bits per heavy atom. The van der Waals surface area contributed by atoms with Gasteiger partial charge in [0, 0.05) is 53.9 Å². The molecule has 4 aliphatic rings. The maximum absolute atomic E-state index is 2.71. The number of rotatable bonds is 1. The molecule has 11 rings (SSSR count). The molecular formula is C55H57BN2S. The number of para-hydroxylation sites is 2. The minimum Gasteiger partial charge on any atom is -0.376 e. The zero-order chi connectivity index (χ0) is 41.3. The molecule has 0 saturated heterocycles. The molecule has 6 aromatic carbocycles. The van der Waals surface area contributed by atoms with Crippen LogP contribution in [0.1, 0.15) is 129 Å². The molecule has 4 heterocycles. The van der Waals surface area contributed by atoms with Crippen molar-refractivity contribution < 1.29 is 0 Å². The van der Waals surface area contributed by atoms with Crippen molar-refractivity contribution in [3.05, 3.63) is 137 Å². The van der Waals surface area contributed by atoms with Gasteiger partial charge in [-0.3, -0.25) is 0 Å². The number of fused-ring (bicyclic) bond motifs is 11. The van der Waals surface area contributed by atoms with Crippen molar-refractivity contribution in [2.24, 2.45) is 0 Å². The topological polar surface area (TPSA) is 6.48 Å². The normalized spacial score (nSPS) is 18.0. The van der Waals surface area contributed by atoms with Crippen molar-refractivity contribution in [2.75, 3.05) is 9.71 Å². The summed E-state index contributed by atoms with van der Waals surface area (Å²) in [5, 5.41) is 2.79. The van der Waals surface area contributed by atoms with Crippen LogP contribution in [-0.2, 0) is 27.1 Å². The summed E-state index contributed by atoms with van der Waals surface area (Å²) in [7, 11) is 0. The van der Waals surface area contributed by atoms with Gasteiger partial charge in [-0.2, -0.15) is 0 Å². The second-order valence-electron chi connectivity index (χ2n) is 22.1. The van der Waals surface area contributed by atoms with Crippen LogP contribution in [0.2, 0.25) is 0 Å². The van der Waals surface area contributed by atoms with Gasteiger partial charge in [0.25, 0.3) is 0 Å². The zero-order valence-electron chi connectivity index (χ0n) is 37.1. The van der Waals surface area contributed by atoms with E-state index in [2.05, 4.69) is 196 Å². The minimum atomic E-state index is -0.155. The lowest BCUT2D eigenvalue weighted by Crippen LogP contribution is -2.62. The van der Waals surface area contributed by atoms with Gasteiger partial charge in [0.2, 0.25) is 0 Å². The van der Waals surface area contributed by atoms with E-state index in [9.17, 15) is 0 Å². The molecule has 0 saturated carbocycles. The first-order valence-corrected chi connectivity index (χ1v) is 22.7. The molecule has 1 aromatic heterocycles. The quantitative estimate of drug-likeness (QED) is 0.153. The summed E-state index contributed by atoms with van der Waals surface area (Å²) < 4.78 is 2.81. The van der Waals surface area contributed by atoms with Gasteiger partial charge in [-0.25, -0.2) is 0 Å². The fraction of sp³-hybridized carbons (Fsp3) is 0.345. The number of anilines is 5. The molecule has 4 heteroatoms. The Morgan fingerprint density at radius 2 is 1.24 bits per heavy atom. The van der Waals surface area contributed by atoms with Crippen LogP contribution in [0.15, 0.2) is 103 Å². The molecule has 59 heavy (non-hydrogen) atoms. The van der Waals surface area contributed by atoms with Gasteiger partial charge in [-0.15, -0.1) is 11.3 Å². The average Bonchev–Trinajstić information content (AvgIpc) is 3.56. The van der Waals surface area contributed by atoms with Crippen LogP contribution < -0.4 is 20.6 Å². The Labute approximate surface area is 356 Å². The summed E-state index contributed by atoms with van der Waals surface area (Å²) in [5.74, 6) is 0. The highest BCUT2D eigenvalue weighted by Crippen LogP contribution is 2.57. The van der Waals surface area contributed by atoms with E-state index in [1.807, 2.05) is 11.3 Å². The molecule has 3 aliphatic heterocycles. The molecule has 0 spiro atoms. The van der Waals surface area contributed by atoms with E-state index in [1.54, 1.807) is 0 Å². The van der Waals surface area contributed by atoms with Crippen LogP contribution >= 0.6 is 11.3 Å². The van der Waals surface area contributed by atoms with Crippen molar-refractivity contribution in [2.45, 2.75) is 123 Å². The third kappa shape index (κ3) is 5.05. The fourth-order valence-electron chi connectivity index (χ4n) is 11.3. The number of nitrogens with zero attached hydrogens (tertiary/aromatic N) is 2. The van der Waals surface area contributed by atoms with Gasteiger partial charge >= 0.3 is 6.85 Å². The molecule has 296 valence electrons. The van der Waals surface area contributed by atoms with E-state index < -0.39 is 0 Å². The molecule has 0 unspecified atom stereocenters. The summed E-state index contributed by atoms with van der Waals surface area (Å²) in [6, 6.07) is 41.1. The number of hydrogen-bond acceptors (Lipinski definition) is 3. The molecule has 0 radical (unpaired) electrons. The van der Waals surface area contributed by atoms with E-state index in [0.29, 0.717) is 0 Å². The molecular weight excluding hydrogens is 731 g/mol. The Bertz CT molecular complexity index is 2950. The van der Waals surface area contributed by atoms with Crippen molar-refractivity contribution >= 4 is 77.7 Å². The Morgan fingerprint density at radius 3 is 1.93 bits per heavy atom. The molecule has 2 nitrogen and oxygen atoms in total. The number of hydrogen-bond donors (Lipinski definition) is 0. The largest absolute Gasteiger partial charge is 0.376 e. The van der Waals surface area contributed by atoms with Crippen LogP contribution in [0.3, 0.4) is 0 Å². The Kier molecular flexibility index (Phi) is 7.40. The monoisotopic (exact) mass is 788 g/mol. The smallest absolute Gasteiger partial charge is 0.333 e. The van der Waals surface area contributed by atoms with Crippen LogP contribution in [0.4, 0.5) is 28.4 Å². The number of benzene rings is 6. The molecule has 1 aliphatic carbocycles. The van der Waals surface area contributed by atoms with E-state index in [1.165, 1.54) is 117 Å². The highest BCUT2D eigenvalue weighted by atomic mass is 32.1. The van der Waals surface area contributed by atoms with Gasteiger partial charge < -0.3 is 9.71 Å². The molecule has 0 amide bonds. The minimum absolute atomic E-state index is 0.00462. The van der Waals surface area contributed by atoms with Gasteiger partial charge in [0.05, 0.1) is 5.69 Å². The van der Waals surface area contributed by atoms with Crippen molar-refractivity contribution in [1.29, 1.82) is 0 Å². The third-order valence-electron chi connectivity index (χ3n) is 15.0. The molecule has 0 fully saturated rings. The predicted molar refractivity (Wildman–Crippen MR) is 258 cm³/mol.